The molecule has 1 aliphatic carbocycles. The second-order valence-electron chi connectivity index (χ2n) is 20.3. The van der Waals surface area contributed by atoms with Gasteiger partial charge in [0, 0.05) is 30.2 Å². The van der Waals surface area contributed by atoms with Crippen LogP contribution >= 0.6 is 0 Å². The van der Waals surface area contributed by atoms with E-state index in [9.17, 15) is 0 Å². The van der Waals surface area contributed by atoms with Crippen molar-refractivity contribution in [1.82, 2.24) is 29.9 Å². The third kappa shape index (κ3) is 11.6. The van der Waals surface area contributed by atoms with Crippen LogP contribution in [0.2, 0.25) is 0 Å². The van der Waals surface area contributed by atoms with Gasteiger partial charge in [-0.05, 0) is 152 Å². The highest BCUT2D eigenvalue weighted by molar-refractivity contribution is 5.86. The van der Waals surface area contributed by atoms with E-state index in [1.807, 2.05) is 97.6 Å². The van der Waals surface area contributed by atoms with Crippen molar-refractivity contribution in [2.75, 3.05) is 0 Å². The van der Waals surface area contributed by atoms with Crippen LogP contribution in [0.4, 0.5) is 0 Å². The molecular formula is C71H64N6. The van der Waals surface area contributed by atoms with E-state index in [1.54, 1.807) is 0 Å². The maximum atomic E-state index is 4.99. The highest BCUT2D eigenvalue weighted by atomic mass is 14.8. The number of rotatable bonds is 20. The smallest absolute Gasteiger partial charge is 0.0900 e. The van der Waals surface area contributed by atoms with E-state index >= 15 is 0 Å². The fourth-order valence-corrected chi connectivity index (χ4v) is 11.0. The lowest BCUT2D eigenvalue weighted by Gasteiger charge is -2.33. The van der Waals surface area contributed by atoms with Gasteiger partial charge in [0.25, 0.3) is 0 Å². The Morgan fingerprint density at radius 1 is 0.312 bits per heavy atom. The molecule has 6 heteroatoms. The van der Waals surface area contributed by atoms with Gasteiger partial charge in [-0.15, -0.1) is 0 Å². The van der Waals surface area contributed by atoms with Gasteiger partial charge in [0.2, 0.25) is 0 Å². The van der Waals surface area contributed by atoms with Crippen molar-refractivity contribution in [3.05, 3.63) is 240 Å². The van der Waals surface area contributed by atoms with E-state index in [1.165, 1.54) is 84.7 Å². The summed E-state index contributed by atoms with van der Waals surface area (Å²) in [5, 5.41) is 0. The average Bonchev–Trinajstić information content (AvgIpc) is 3.88. The minimum atomic E-state index is -0.0529. The van der Waals surface area contributed by atoms with E-state index in [2.05, 4.69) is 167 Å². The molecule has 0 saturated heterocycles. The zero-order valence-corrected chi connectivity index (χ0v) is 44.2. The number of hydrogen-bond acceptors (Lipinski definition) is 6. The normalized spacial score (nSPS) is 12.5. The Morgan fingerprint density at radius 2 is 0.649 bits per heavy atom. The van der Waals surface area contributed by atoms with E-state index in [0.29, 0.717) is 0 Å². The summed E-state index contributed by atoms with van der Waals surface area (Å²) in [4.78, 5) is 28.5. The first-order valence-electron chi connectivity index (χ1n) is 27.6. The first kappa shape index (κ1) is 50.4. The van der Waals surface area contributed by atoms with E-state index < -0.39 is 0 Å². The molecule has 0 bridgehead atoms. The van der Waals surface area contributed by atoms with Gasteiger partial charge in [0.1, 0.15) is 0 Å². The van der Waals surface area contributed by atoms with Crippen molar-refractivity contribution in [2.45, 2.75) is 83.5 Å². The Hall–Kier alpha value is -8.74. The predicted octanol–water partition coefficient (Wildman–Crippen LogP) is 18.6. The zero-order valence-electron chi connectivity index (χ0n) is 44.2. The zero-order chi connectivity index (χ0) is 52.2. The first-order valence-corrected chi connectivity index (χ1v) is 27.6. The Labute approximate surface area is 454 Å². The fourth-order valence-electron chi connectivity index (χ4n) is 11.0. The summed E-state index contributed by atoms with van der Waals surface area (Å²) >= 11 is 0. The Balaban J connectivity index is 0.875. The monoisotopic (exact) mass is 1000 g/mol. The second-order valence-corrected chi connectivity index (χ2v) is 20.3. The highest BCUT2D eigenvalue weighted by Gasteiger charge is 2.42. The van der Waals surface area contributed by atoms with Gasteiger partial charge in [-0.1, -0.05) is 199 Å². The molecule has 0 aliphatic heterocycles. The average molecular weight is 1000 g/mol. The minimum absolute atomic E-state index is 0.0529. The van der Waals surface area contributed by atoms with Crippen LogP contribution in [0.15, 0.2) is 207 Å². The fraction of sp³-hybridized carbons (Fsp3) is 0.183. The van der Waals surface area contributed by atoms with Gasteiger partial charge in [0.15, 0.2) is 0 Å². The number of hydrogen-bond donors (Lipinski definition) is 0. The molecule has 378 valence electrons. The molecule has 0 amide bonds. The van der Waals surface area contributed by atoms with Crippen molar-refractivity contribution in [2.24, 2.45) is 0 Å². The molecular weight excluding hydrogens is 937 g/mol. The predicted molar refractivity (Wildman–Crippen MR) is 320 cm³/mol. The van der Waals surface area contributed by atoms with E-state index in [4.69, 9.17) is 9.97 Å². The van der Waals surface area contributed by atoms with Crippen LogP contribution in [0.5, 0.6) is 0 Å². The van der Waals surface area contributed by atoms with Gasteiger partial charge in [-0.2, -0.15) is 0 Å². The lowest BCUT2D eigenvalue weighted by atomic mass is 9.70. The summed E-state index contributed by atoms with van der Waals surface area (Å²) in [6, 6.07) is 64.4. The molecule has 6 nitrogen and oxygen atoms in total. The van der Waals surface area contributed by atoms with Crippen LogP contribution in [0.25, 0.3) is 103 Å². The maximum Gasteiger partial charge on any atom is 0.0900 e. The molecule has 0 atom stereocenters. The molecule has 4 aromatic carbocycles. The molecule has 77 heavy (non-hydrogen) atoms. The number of pyridine rings is 6. The summed E-state index contributed by atoms with van der Waals surface area (Å²) in [6.45, 7) is 4.63. The van der Waals surface area contributed by atoms with Crippen LogP contribution in [0.1, 0.15) is 111 Å². The SMILES string of the molecule is CCCCCCC1(CCCCCC)c2cc(/C=C/c3ccc(-c4cc(-c5ccccn5)nc(-c5ccccn5)c4)cc3)ccc2-c2ccc(/C=C/c3ccc(-c4cc(-c5ccccn5)nc(-c5ccccn5)c4)cc3)cc21. The molecule has 1 aliphatic rings. The molecule has 10 aromatic rings. The van der Waals surface area contributed by atoms with Crippen molar-refractivity contribution in [3.8, 4) is 78.9 Å². The summed E-state index contributed by atoms with van der Waals surface area (Å²) < 4.78 is 0. The first-order chi connectivity index (χ1) is 38.0. The van der Waals surface area contributed by atoms with Gasteiger partial charge >= 0.3 is 0 Å². The van der Waals surface area contributed by atoms with Crippen LogP contribution in [0.3, 0.4) is 0 Å². The molecule has 0 radical (unpaired) electrons. The third-order valence-electron chi connectivity index (χ3n) is 15.1. The summed E-state index contributed by atoms with van der Waals surface area (Å²) in [5.41, 5.74) is 21.5. The standard InChI is InChI=1S/C71H64N6/c1-3-5-7-13-39-71(40-14-8-6-4-2)61-45-53(25-23-51-27-33-55(34-28-51)57-47-67(63-19-9-15-41-72-63)76-68(48-57)64-20-10-16-42-73-64)31-37-59(61)60-38-32-54(46-62(60)71)26-24-52-29-35-56(36-30-52)58-49-69(65-21-11-17-43-74-65)77-70(50-58)66-22-12-18-44-75-66/h9-12,15-38,41-50H,3-8,13-14,39-40H2,1-2H3/b25-23+,26-24+. The molecule has 0 spiro atoms. The van der Waals surface area contributed by atoms with Gasteiger partial charge in [-0.3, -0.25) is 19.9 Å². The van der Waals surface area contributed by atoms with Crippen molar-refractivity contribution >= 4 is 24.3 Å². The van der Waals surface area contributed by atoms with Gasteiger partial charge in [0.05, 0.1) is 45.6 Å². The number of benzene rings is 4. The third-order valence-corrected chi connectivity index (χ3v) is 15.1. The van der Waals surface area contributed by atoms with E-state index in [-0.39, 0.29) is 5.41 Å². The molecule has 0 saturated carbocycles. The topological polar surface area (TPSA) is 77.3 Å². The lowest BCUT2D eigenvalue weighted by molar-refractivity contribution is 0.401. The summed E-state index contributed by atoms with van der Waals surface area (Å²) in [7, 11) is 0. The molecule has 0 fully saturated rings. The maximum absolute atomic E-state index is 4.99. The largest absolute Gasteiger partial charge is 0.255 e. The molecule has 0 N–H and O–H groups in total. The van der Waals surface area contributed by atoms with Crippen molar-refractivity contribution in [1.29, 1.82) is 0 Å². The van der Waals surface area contributed by atoms with E-state index in [0.717, 1.165) is 91.8 Å². The summed E-state index contributed by atoms with van der Waals surface area (Å²) in [6.07, 6.45) is 28.6. The second kappa shape index (κ2) is 23.9. The number of fused-ring (bicyclic) bond motifs is 3. The lowest BCUT2D eigenvalue weighted by Crippen LogP contribution is -2.25. The number of nitrogens with zero attached hydrogens (tertiary/aromatic N) is 6. The summed E-state index contributed by atoms with van der Waals surface area (Å²) in [5.74, 6) is 0. The minimum Gasteiger partial charge on any atom is -0.255 e. The van der Waals surface area contributed by atoms with Crippen LogP contribution in [-0.4, -0.2) is 29.9 Å². The van der Waals surface area contributed by atoms with Gasteiger partial charge in [-0.25, -0.2) is 9.97 Å². The Kier molecular flexibility index (Phi) is 15.6. The Morgan fingerprint density at radius 3 is 0.974 bits per heavy atom. The molecule has 11 rings (SSSR count). The molecule has 6 aromatic heterocycles. The van der Waals surface area contributed by atoms with Crippen LogP contribution in [0, 0.1) is 0 Å². The van der Waals surface area contributed by atoms with Crippen molar-refractivity contribution < 1.29 is 0 Å². The van der Waals surface area contributed by atoms with Gasteiger partial charge < -0.3 is 0 Å². The highest BCUT2D eigenvalue weighted by Crippen LogP contribution is 2.55. The van der Waals surface area contributed by atoms with Crippen LogP contribution < -0.4 is 0 Å². The molecule has 0 unspecified atom stereocenters. The Bertz CT molecular complexity index is 3270. The quantitative estimate of drug-likeness (QED) is 0.0559. The number of aromatic nitrogens is 6. The number of unbranched alkanes of at least 4 members (excludes halogenated alkanes) is 6. The van der Waals surface area contributed by atoms with Crippen molar-refractivity contribution in [3.63, 3.8) is 0 Å². The molecule has 6 heterocycles. The van der Waals surface area contributed by atoms with Crippen LogP contribution in [-0.2, 0) is 5.41 Å².